The van der Waals surface area contributed by atoms with Gasteiger partial charge in [-0.15, -0.1) is 0 Å². The lowest BCUT2D eigenvalue weighted by atomic mass is 9.91. The van der Waals surface area contributed by atoms with Gasteiger partial charge in [-0.1, -0.05) is 6.42 Å². The molecule has 1 aliphatic heterocycles. The van der Waals surface area contributed by atoms with Crippen molar-refractivity contribution in [2.75, 3.05) is 6.54 Å². The maximum atomic E-state index is 12.4. The Balaban J connectivity index is 1.86. The highest BCUT2D eigenvalue weighted by Gasteiger charge is 2.31. The summed E-state index contributed by atoms with van der Waals surface area (Å²) < 4.78 is 5.57. The molecule has 2 atom stereocenters. The lowest BCUT2D eigenvalue weighted by Crippen LogP contribution is -2.50. The van der Waals surface area contributed by atoms with Crippen LogP contribution < -0.4 is 5.32 Å². The van der Waals surface area contributed by atoms with E-state index >= 15 is 0 Å². The number of piperidine rings is 1. The zero-order valence-corrected chi connectivity index (χ0v) is 14.2. The summed E-state index contributed by atoms with van der Waals surface area (Å²) in [7, 11) is 0. The Morgan fingerprint density at radius 1 is 1.24 bits per heavy atom. The summed E-state index contributed by atoms with van der Waals surface area (Å²) in [4.78, 5) is 14.3. The summed E-state index contributed by atoms with van der Waals surface area (Å²) in [6.07, 6.45) is 8.31. The van der Waals surface area contributed by atoms with E-state index in [-0.39, 0.29) is 6.09 Å². The number of carbonyl (C=O) groups is 1. The second-order valence-electron chi connectivity index (χ2n) is 7.75. The molecule has 0 aromatic carbocycles. The molecule has 0 bridgehead atoms. The number of ether oxygens (including phenoxy) is 1. The number of nitrogens with zero attached hydrogens (tertiary/aromatic N) is 1. The standard InChI is InChI=1S/C17H32N2O2/c1-13(18-14-8-7-9-14)12-15-10-5-6-11-19(15)16(20)21-17(2,3)4/h13-15,18H,5-12H2,1-4H3. The van der Waals surface area contributed by atoms with Crippen molar-refractivity contribution in [1.82, 2.24) is 10.2 Å². The molecule has 4 nitrogen and oxygen atoms in total. The molecule has 1 heterocycles. The number of hydrogen-bond donors (Lipinski definition) is 1. The number of amides is 1. The highest BCUT2D eigenvalue weighted by molar-refractivity contribution is 5.68. The van der Waals surface area contributed by atoms with Crippen LogP contribution in [0.2, 0.25) is 0 Å². The first-order chi connectivity index (χ1) is 9.85. The van der Waals surface area contributed by atoms with Gasteiger partial charge in [0.25, 0.3) is 0 Å². The Morgan fingerprint density at radius 3 is 2.52 bits per heavy atom. The zero-order valence-electron chi connectivity index (χ0n) is 14.2. The second-order valence-corrected chi connectivity index (χ2v) is 7.75. The average molecular weight is 296 g/mol. The van der Waals surface area contributed by atoms with Gasteiger partial charge in [-0.3, -0.25) is 0 Å². The fourth-order valence-electron chi connectivity index (χ4n) is 3.26. The van der Waals surface area contributed by atoms with Crippen LogP contribution in [0.3, 0.4) is 0 Å². The zero-order chi connectivity index (χ0) is 15.5. The van der Waals surface area contributed by atoms with E-state index in [0.29, 0.717) is 18.1 Å². The minimum atomic E-state index is -0.408. The van der Waals surface area contributed by atoms with Crippen molar-refractivity contribution < 1.29 is 9.53 Å². The fourth-order valence-corrected chi connectivity index (χ4v) is 3.26. The van der Waals surface area contributed by atoms with Crippen molar-refractivity contribution in [3.8, 4) is 0 Å². The molecule has 0 aromatic rings. The van der Waals surface area contributed by atoms with Gasteiger partial charge in [-0.05, 0) is 66.2 Å². The Kier molecular flexibility index (Phi) is 5.53. The molecule has 0 spiro atoms. The van der Waals surface area contributed by atoms with Crippen molar-refractivity contribution in [2.45, 2.75) is 96.4 Å². The van der Waals surface area contributed by atoms with E-state index in [2.05, 4.69) is 12.2 Å². The van der Waals surface area contributed by atoms with Crippen LogP contribution in [-0.4, -0.2) is 41.3 Å². The van der Waals surface area contributed by atoms with Gasteiger partial charge in [-0.2, -0.15) is 0 Å². The highest BCUT2D eigenvalue weighted by Crippen LogP contribution is 2.25. The lowest BCUT2D eigenvalue weighted by molar-refractivity contribution is 0.00765. The molecule has 122 valence electrons. The van der Waals surface area contributed by atoms with Crippen molar-refractivity contribution >= 4 is 6.09 Å². The van der Waals surface area contributed by atoms with Crippen LogP contribution in [0.5, 0.6) is 0 Å². The Hall–Kier alpha value is -0.770. The average Bonchev–Trinajstić information content (AvgIpc) is 2.32. The van der Waals surface area contributed by atoms with E-state index in [9.17, 15) is 4.79 Å². The maximum Gasteiger partial charge on any atom is 0.410 e. The SMILES string of the molecule is CC(CC1CCCCN1C(=O)OC(C)(C)C)NC1CCC1. The summed E-state index contributed by atoms with van der Waals surface area (Å²) >= 11 is 0. The van der Waals surface area contributed by atoms with Crippen LogP contribution in [0.4, 0.5) is 4.79 Å². The van der Waals surface area contributed by atoms with Gasteiger partial charge in [0.2, 0.25) is 0 Å². The second kappa shape index (κ2) is 6.99. The summed E-state index contributed by atoms with van der Waals surface area (Å²) in [6.45, 7) is 8.90. The van der Waals surface area contributed by atoms with Crippen molar-refractivity contribution in [3.05, 3.63) is 0 Å². The van der Waals surface area contributed by atoms with Crippen molar-refractivity contribution in [3.63, 3.8) is 0 Å². The molecular weight excluding hydrogens is 264 g/mol. The lowest BCUT2D eigenvalue weighted by Gasteiger charge is -2.39. The Labute approximate surface area is 129 Å². The van der Waals surface area contributed by atoms with E-state index in [4.69, 9.17) is 4.74 Å². The molecule has 4 heteroatoms. The highest BCUT2D eigenvalue weighted by atomic mass is 16.6. The Bertz CT molecular complexity index is 347. The third-order valence-corrected chi connectivity index (χ3v) is 4.51. The number of carbonyl (C=O) groups excluding carboxylic acids is 1. The van der Waals surface area contributed by atoms with Crippen molar-refractivity contribution in [2.24, 2.45) is 0 Å². The first kappa shape index (κ1) is 16.6. The van der Waals surface area contributed by atoms with Crippen LogP contribution in [0.25, 0.3) is 0 Å². The number of nitrogens with one attached hydrogen (secondary N) is 1. The quantitative estimate of drug-likeness (QED) is 0.860. The molecule has 1 saturated carbocycles. The van der Waals surface area contributed by atoms with Gasteiger partial charge in [0.1, 0.15) is 5.60 Å². The molecule has 0 aromatic heterocycles. The van der Waals surface area contributed by atoms with Crippen LogP contribution >= 0.6 is 0 Å². The van der Waals surface area contributed by atoms with Gasteiger partial charge in [0.05, 0.1) is 0 Å². The molecule has 2 aliphatic rings. The maximum absolute atomic E-state index is 12.4. The van der Waals surface area contributed by atoms with Crippen molar-refractivity contribution in [1.29, 1.82) is 0 Å². The number of likely N-dealkylation sites (tertiary alicyclic amines) is 1. The molecule has 1 aliphatic carbocycles. The van der Waals surface area contributed by atoms with E-state index < -0.39 is 5.60 Å². The Morgan fingerprint density at radius 2 is 1.95 bits per heavy atom. The minimum absolute atomic E-state index is 0.136. The predicted molar refractivity (Wildman–Crippen MR) is 85.4 cm³/mol. The first-order valence-electron chi connectivity index (χ1n) is 8.61. The van der Waals surface area contributed by atoms with Gasteiger partial charge < -0.3 is 15.0 Å². The minimum Gasteiger partial charge on any atom is -0.444 e. The monoisotopic (exact) mass is 296 g/mol. The first-order valence-corrected chi connectivity index (χ1v) is 8.61. The van der Waals surface area contributed by atoms with Gasteiger partial charge >= 0.3 is 6.09 Å². The van der Waals surface area contributed by atoms with Crippen LogP contribution in [0, 0.1) is 0 Å². The summed E-state index contributed by atoms with van der Waals surface area (Å²) in [5.41, 5.74) is -0.408. The van der Waals surface area contributed by atoms with Crippen LogP contribution in [0.1, 0.15) is 72.6 Å². The van der Waals surface area contributed by atoms with Crippen LogP contribution in [-0.2, 0) is 4.74 Å². The smallest absolute Gasteiger partial charge is 0.410 e. The normalized spacial score (nSPS) is 25.3. The molecule has 21 heavy (non-hydrogen) atoms. The third-order valence-electron chi connectivity index (χ3n) is 4.51. The topological polar surface area (TPSA) is 41.6 Å². The van der Waals surface area contributed by atoms with Gasteiger partial charge in [0.15, 0.2) is 0 Å². The summed E-state index contributed by atoms with van der Waals surface area (Å²) in [6, 6.07) is 1.51. The molecule has 2 unspecified atom stereocenters. The largest absolute Gasteiger partial charge is 0.444 e. The van der Waals surface area contributed by atoms with E-state index in [1.54, 1.807) is 0 Å². The third kappa shape index (κ3) is 5.17. The van der Waals surface area contributed by atoms with Gasteiger partial charge in [-0.25, -0.2) is 4.79 Å². The summed E-state index contributed by atoms with van der Waals surface area (Å²) in [5.74, 6) is 0. The van der Waals surface area contributed by atoms with E-state index in [1.807, 2.05) is 25.7 Å². The van der Waals surface area contributed by atoms with Crippen LogP contribution in [0.15, 0.2) is 0 Å². The fraction of sp³-hybridized carbons (Fsp3) is 0.941. The molecule has 1 N–H and O–H groups in total. The summed E-state index contributed by atoms with van der Waals surface area (Å²) in [5, 5.41) is 3.69. The molecule has 1 amide bonds. The predicted octanol–water partition coefficient (Wildman–Crippen LogP) is 3.70. The molecule has 0 radical (unpaired) electrons. The number of rotatable bonds is 4. The molecule has 2 rings (SSSR count). The van der Waals surface area contributed by atoms with E-state index in [0.717, 1.165) is 25.8 Å². The van der Waals surface area contributed by atoms with E-state index in [1.165, 1.54) is 25.7 Å². The molecular formula is C17H32N2O2. The molecule has 1 saturated heterocycles. The molecule has 2 fully saturated rings. The van der Waals surface area contributed by atoms with Gasteiger partial charge in [0, 0.05) is 24.7 Å². The number of hydrogen-bond acceptors (Lipinski definition) is 3.